The molecular weight excluding hydrogens is 415 g/mol. The number of benzene rings is 1. The third kappa shape index (κ3) is 5.91. The highest BCUT2D eigenvalue weighted by atomic mass is 19.4. The molecule has 1 saturated heterocycles. The first-order valence-electron chi connectivity index (χ1n) is 9.66. The summed E-state index contributed by atoms with van der Waals surface area (Å²) in [5, 5.41) is 7.17. The molecule has 1 amide bonds. The van der Waals surface area contributed by atoms with E-state index in [2.05, 4.69) is 15.4 Å². The van der Waals surface area contributed by atoms with E-state index >= 15 is 0 Å². The van der Waals surface area contributed by atoms with Gasteiger partial charge in [-0.2, -0.15) is 13.2 Å². The average Bonchev–Trinajstić information content (AvgIpc) is 3.20. The molecule has 2 heterocycles. The van der Waals surface area contributed by atoms with Gasteiger partial charge in [-0.3, -0.25) is 4.79 Å². The van der Waals surface area contributed by atoms with E-state index in [4.69, 9.17) is 4.74 Å². The zero-order valence-electron chi connectivity index (χ0n) is 17.0. The maximum absolute atomic E-state index is 13.4. The van der Waals surface area contributed by atoms with Gasteiger partial charge in [0, 0.05) is 49.6 Å². The van der Waals surface area contributed by atoms with Crippen LogP contribution in [0.1, 0.15) is 29.8 Å². The number of amides is 1. The van der Waals surface area contributed by atoms with Gasteiger partial charge in [0.25, 0.3) is 5.91 Å². The lowest BCUT2D eigenvalue weighted by molar-refractivity contribution is -0.141. The van der Waals surface area contributed by atoms with E-state index in [9.17, 15) is 22.8 Å². The summed E-state index contributed by atoms with van der Waals surface area (Å²) in [5.74, 6) is -1.08. The number of nitrogens with zero attached hydrogens (tertiary/aromatic N) is 4. The molecule has 3 rings (SSSR count). The number of carbonyl (C=O) groups excluding carboxylic acids is 2. The zero-order chi connectivity index (χ0) is 22.6. The Morgan fingerprint density at radius 2 is 1.90 bits per heavy atom. The van der Waals surface area contributed by atoms with E-state index in [0.717, 1.165) is 18.2 Å². The SMILES string of the molecule is CC(C)OC(=O)/C=C/n1cnc(-c2cc(C(=O)N3CCNCC3)cc(C(F)(F)F)c2)n1. The van der Waals surface area contributed by atoms with Crippen molar-refractivity contribution in [1.82, 2.24) is 25.0 Å². The Hall–Kier alpha value is -3.21. The van der Waals surface area contributed by atoms with Crippen LogP contribution in [0.15, 0.2) is 30.6 Å². The van der Waals surface area contributed by atoms with Crippen molar-refractivity contribution >= 4 is 18.1 Å². The first kappa shape index (κ1) is 22.5. The summed E-state index contributed by atoms with van der Waals surface area (Å²) >= 11 is 0. The maximum atomic E-state index is 13.4. The number of rotatable bonds is 5. The molecule has 31 heavy (non-hydrogen) atoms. The molecule has 1 aliphatic rings. The molecule has 11 heteroatoms. The smallest absolute Gasteiger partial charge is 0.416 e. The number of halogens is 3. The third-order valence-corrected chi connectivity index (χ3v) is 4.39. The molecule has 0 radical (unpaired) electrons. The molecule has 1 aromatic heterocycles. The number of hydrogen-bond acceptors (Lipinski definition) is 6. The quantitative estimate of drug-likeness (QED) is 0.571. The van der Waals surface area contributed by atoms with Crippen molar-refractivity contribution in [3.05, 3.63) is 41.7 Å². The number of nitrogens with one attached hydrogen (secondary N) is 1. The molecule has 1 aromatic carbocycles. The van der Waals surface area contributed by atoms with Crippen molar-refractivity contribution < 1.29 is 27.5 Å². The molecule has 0 spiro atoms. The molecule has 0 atom stereocenters. The van der Waals surface area contributed by atoms with Gasteiger partial charge in [-0.1, -0.05) is 0 Å². The van der Waals surface area contributed by atoms with E-state index in [1.807, 2.05) is 0 Å². The summed E-state index contributed by atoms with van der Waals surface area (Å²) < 4.78 is 46.5. The van der Waals surface area contributed by atoms with Gasteiger partial charge < -0.3 is 15.0 Å². The Morgan fingerprint density at radius 3 is 2.55 bits per heavy atom. The molecule has 1 fully saturated rings. The van der Waals surface area contributed by atoms with Gasteiger partial charge >= 0.3 is 12.1 Å². The summed E-state index contributed by atoms with van der Waals surface area (Å²) in [6.45, 7) is 5.38. The normalized spacial score (nSPS) is 15.0. The molecule has 1 N–H and O–H groups in total. The monoisotopic (exact) mass is 437 g/mol. The van der Waals surface area contributed by atoms with Crippen molar-refractivity contribution in [2.24, 2.45) is 0 Å². The molecule has 8 nitrogen and oxygen atoms in total. The van der Waals surface area contributed by atoms with E-state index < -0.39 is 23.6 Å². The Bertz CT molecular complexity index is 979. The van der Waals surface area contributed by atoms with Crippen LogP contribution in [0.3, 0.4) is 0 Å². The van der Waals surface area contributed by atoms with Gasteiger partial charge in [0.1, 0.15) is 6.33 Å². The summed E-state index contributed by atoms with van der Waals surface area (Å²) in [5.41, 5.74) is -1.000. The van der Waals surface area contributed by atoms with Crippen molar-refractivity contribution in [1.29, 1.82) is 0 Å². The number of carbonyl (C=O) groups is 2. The standard InChI is InChI=1S/C20H22F3N5O3/c1-13(2)31-17(29)3-6-28-12-25-18(26-28)14-9-15(11-16(10-14)20(21,22)23)19(30)27-7-4-24-5-8-27/h3,6,9-13,24H,4-5,7-8H2,1-2H3/b6-3+. The molecule has 0 unspecified atom stereocenters. The molecule has 0 bridgehead atoms. The van der Waals surface area contributed by atoms with Crippen molar-refractivity contribution in [3.63, 3.8) is 0 Å². The average molecular weight is 437 g/mol. The maximum Gasteiger partial charge on any atom is 0.416 e. The van der Waals surface area contributed by atoms with Gasteiger partial charge in [-0.25, -0.2) is 14.5 Å². The topological polar surface area (TPSA) is 89.4 Å². The minimum Gasteiger partial charge on any atom is -0.460 e. The number of esters is 1. The Morgan fingerprint density at radius 1 is 1.19 bits per heavy atom. The zero-order valence-corrected chi connectivity index (χ0v) is 17.0. The van der Waals surface area contributed by atoms with Crippen LogP contribution in [0.5, 0.6) is 0 Å². The lowest BCUT2D eigenvalue weighted by atomic mass is 10.0. The van der Waals surface area contributed by atoms with Gasteiger partial charge in [-0.15, -0.1) is 5.10 Å². The van der Waals surface area contributed by atoms with E-state index in [1.54, 1.807) is 13.8 Å². The second kappa shape index (κ2) is 9.29. The van der Waals surface area contributed by atoms with Crippen LogP contribution in [0, 0.1) is 0 Å². The van der Waals surface area contributed by atoms with Crippen LogP contribution in [-0.2, 0) is 15.7 Å². The summed E-state index contributed by atoms with van der Waals surface area (Å²) in [7, 11) is 0. The minimum absolute atomic E-state index is 0.0117. The number of alkyl halides is 3. The fraction of sp³-hybridized carbons (Fsp3) is 0.400. The first-order valence-corrected chi connectivity index (χ1v) is 9.66. The van der Waals surface area contributed by atoms with Gasteiger partial charge in [0.15, 0.2) is 5.82 Å². The van der Waals surface area contributed by atoms with E-state index in [0.29, 0.717) is 26.2 Å². The second-order valence-corrected chi connectivity index (χ2v) is 7.19. The van der Waals surface area contributed by atoms with Crippen LogP contribution in [0.4, 0.5) is 13.2 Å². The Kier molecular flexibility index (Phi) is 6.74. The highest BCUT2D eigenvalue weighted by Crippen LogP contribution is 2.33. The molecule has 0 aliphatic carbocycles. The fourth-order valence-electron chi connectivity index (χ4n) is 2.98. The van der Waals surface area contributed by atoms with Crippen molar-refractivity contribution in [3.8, 4) is 11.4 Å². The molecular formula is C20H22F3N5O3. The number of hydrogen-bond donors (Lipinski definition) is 1. The van der Waals surface area contributed by atoms with E-state index in [-0.39, 0.29) is 23.1 Å². The summed E-state index contributed by atoms with van der Waals surface area (Å²) in [4.78, 5) is 29.9. The van der Waals surface area contributed by atoms with Crippen LogP contribution in [-0.4, -0.2) is 63.8 Å². The molecule has 166 valence electrons. The fourth-order valence-corrected chi connectivity index (χ4v) is 2.98. The highest BCUT2D eigenvalue weighted by Gasteiger charge is 2.33. The van der Waals surface area contributed by atoms with E-state index in [1.165, 1.54) is 28.2 Å². The molecule has 0 saturated carbocycles. The van der Waals surface area contributed by atoms with Crippen LogP contribution in [0.2, 0.25) is 0 Å². The number of ether oxygens (including phenoxy) is 1. The van der Waals surface area contributed by atoms with Crippen molar-refractivity contribution in [2.75, 3.05) is 26.2 Å². The molecule has 1 aliphatic heterocycles. The minimum atomic E-state index is -4.64. The third-order valence-electron chi connectivity index (χ3n) is 4.39. The highest BCUT2D eigenvalue weighted by molar-refractivity contribution is 5.95. The number of aromatic nitrogens is 3. The largest absolute Gasteiger partial charge is 0.460 e. The van der Waals surface area contributed by atoms with Gasteiger partial charge in [0.05, 0.1) is 11.7 Å². The summed E-state index contributed by atoms with van der Waals surface area (Å²) in [6, 6.07) is 3.08. The summed E-state index contributed by atoms with van der Waals surface area (Å²) in [6.07, 6.45) is -1.28. The van der Waals surface area contributed by atoms with Gasteiger partial charge in [0.2, 0.25) is 0 Å². The predicted octanol–water partition coefficient (Wildman–Crippen LogP) is 2.43. The second-order valence-electron chi connectivity index (χ2n) is 7.19. The Labute approximate surface area is 176 Å². The van der Waals surface area contributed by atoms with Crippen LogP contribution < -0.4 is 5.32 Å². The van der Waals surface area contributed by atoms with Crippen LogP contribution >= 0.6 is 0 Å². The molecule has 2 aromatic rings. The lowest BCUT2D eigenvalue weighted by Gasteiger charge is -2.27. The van der Waals surface area contributed by atoms with Gasteiger partial charge in [-0.05, 0) is 32.0 Å². The van der Waals surface area contributed by atoms with Crippen LogP contribution in [0.25, 0.3) is 17.6 Å². The van der Waals surface area contributed by atoms with Crippen molar-refractivity contribution in [2.45, 2.75) is 26.1 Å². The predicted molar refractivity (Wildman–Crippen MR) is 106 cm³/mol. The number of piperazine rings is 1. The Balaban J connectivity index is 1.90. The first-order chi connectivity index (χ1) is 14.6. The lowest BCUT2D eigenvalue weighted by Crippen LogP contribution is -2.46.